The van der Waals surface area contributed by atoms with Gasteiger partial charge in [-0.3, -0.25) is 4.68 Å². The smallest absolute Gasteiger partial charge is 0.315 e. The van der Waals surface area contributed by atoms with Crippen molar-refractivity contribution in [2.75, 3.05) is 6.54 Å². The molecule has 3 rings (SSSR count). The Hall–Kier alpha value is -2.34. The van der Waals surface area contributed by atoms with Crippen molar-refractivity contribution in [3.05, 3.63) is 53.9 Å². The fraction of sp³-hybridized carbons (Fsp3) is 0.474. The Bertz CT molecular complexity index is 678. The van der Waals surface area contributed by atoms with E-state index >= 15 is 0 Å². The molecule has 1 saturated carbocycles. The SMILES string of the molecule is O=C(NCc1ccccc1Cn1cccn1)NCC1(O)CCCCC1. The van der Waals surface area contributed by atoms with Gasteiger partial charge < -0.3 is 15.7 Å². The lowest BCUT2D eigenvalue weighted by Crippen LogP contribution is -2.47. The molecule has 1 aliphatic carbocycles. The molecule has 1 fully saturated rings. The lowest BCUT2D eigenvalue weighted by Gasteiger charge is -2.32. The van der Waals surface area contributed by atoms with Crippen molar-refractivity contribution in [2.24, 2.45) is 0 Å². The van der Waals surface area contributed by atoms with Crippen LogP contribution < -0.4 is 10.6 Å². The lowest BCUT2D eigenvalue weighted by atomic mass is 9.85. The molecule has 134 valence electrons. The van der Waals surface area contributed by atoms with E-state index in [0.717, 1.165) is 36.8 Å². The van der Waals surface area contributed by atoms with Crippen LogP contribution in [0.25, 0.3) is 0 Å². The molecule has 0 saturated heterocycles. The van der Waals surface area contributed by atoms with Gasteiger partial charge in [-0.15, -0.1) is 0 Å². The molecule has 0 unspecified atom stereocenters. The second-order valence-electron chi connectivity index (χ2n) is 6.79. The summed E-state index contributed by atoms with van der Waals surface area (Å²) in [5.41, 5.74) is 1.44. The fourth-order valence-electron chi connectivity index (χ4n) is 3.32. The summed E-state index contributed by atoms with van der Waals surface area (Å²) in [4.78, 5) is 12.1. The van der Waals surface area contributed by atoms with Crippen LogP contribution in [0.2, 0.25) is 0 Å². The number of carbonyl (C=O) groups excluding carboxylic acids is 1. The van der Waals surface area contributed by atoms with Crippen molar-refractivity contribution >= 4 is 6.03 Å². The van der Waals surface area contributed by atoms with E-state index in [1.807, 2.05) is 41.2 Å². The summed E-state index contributed by atoms with van der Waals surface area (Å²) in [5.74, 6) is 0. The molecule has 3 N–H and O–H groups in total. The third-order valence-corrected chi connectivity index (χ3v) is 4.81. The Kier molecular flexibility index (Phi) is 5.71. The molecule has 1 aromatic carbocycles. The molecule has 0 aliphatic heterocycles. The lowest BCUT2D eigenvalue weighted by molar-refractivity contribution is 0.00719. The van der Waals surface area contributed by atoms with E-state index < -0.39 is 5.60 Å². The molecule has 6 heteroatoms. The quantitative estimate of drug-likeness (QED) is 0.754. The molecule has 1 aliphatic rings. The molecule has 1 aromatic heterocycles. The van der Waals surface area contributed by atoms with Crippen molar-refractivity contribution in [2.45, 2.75) is 50.8 Å². The van der Waals surface area contributed by atoms with Gasteiger partial charge in [-0.25, -0.2) is 4.79 Å². The first-order valence-corrected chi connectivity index (χ1v) is 8.93. The van der Waals surface area contributed by atoms with Crippen molar-refractivity contribution in [1.29, 1.82) is 0 Å². The molecular formula is C19H26N4O2. The number of carbonyl (C=O) groups is 1. The Morgan fingerprint density at radius 3 is 2.60 bits per heavy atom. The van der Waals surface area contributed by atoms with Gasteiger partial charge in [0.1, 0.15) is 0 Å². The van der Waals surface area contributed by atoms with Gasteiger partial charge in [0.25, 0.3) is 0 Å². The summed E-state index contributed by atoms with van der Waals surface area (Å²) in [6.07, 6.45) is 8.43. The second kappa shape index (κ2) is 8.16. The minimum Gasteiger partial charge on any atom is -0.388 e. The van der Waals surface area contributed by atoms with Crippen LogP contribution in [0.3, 0.4) is 0 Å². The van der Waals surface area contributed by atoms with Gasteiger partial charge in [-0.2, -0.15) is 5.10 Å². The highest BCUT2D eigenvalue weighted by atomic mass is 16.3. The van der Waals surface area contributed by atoms with E-state index in [2.05, 4.69) is 15.7 Å². The number of aliphatic hydroxyl groups is 1. The minimum atomic E-state index is -0.742. The van der Waals surface area contributed by atoms with Crippen molar-refractivity contribution in [3.8, 4) is 0 Å². The van der Waals surface area contributed by atoms with E-state index in [0.29, 0.717) is 19.6 Å². The van der Waals surface area contributed by atoms with Crippen LogP contribution in [0, 0.1) is 0 Å². The van der Waals surface area contributed by atoms with Gasteiger partial charge >= 0.3 is 6.03 Å². The summed E-state index contributed by atoms with van der Waals surface area (Å²) < 4.78 is 1.86. The van der Waals surface area contributed by atoms with E-state index in [1.54, 1.807) is 6.20 Å². The highest BCUT2D eigenvalue weighted by Crippen LogP contribution is 2.27. The molecule has 0 bridgehead atoms. The maximum absolute atomic E-state index is 12.1. The van der Waals surface area contributed by atoms with Crippen LogP contribution >= 0.6 is 0 Å². The number of rotatable bonds is 6. The van der Waals surface area contributed by atoms with Crippen LogP contribution in [0.4, 0.5) is 4.79 Å². The zero-order chi connectivity index (χ0) is 17.5. The van der Waals surface area contributed by atoms with Crippen molar-refractivity contribution in [3.63, 3.8) is 0 Å². The van der Waals surface area contributed by atoms with Gasteiger partial charge in [-0.1, -0.05) is 43.5 Å². The predicted octanol–water partition coefficient (Wildman–Crippen LogP) is 2.43. The maximum Gasteiger partial charge on any atom is 0.315 e. The predicted molar refractivity (Wildman–Crippen MR) is 96.0 cm³/mol. The first kappa shape index (κ1) is 17.5. The highest BCUT2D eigenvalue weighted by Gasteiger charge is 2.29. The molecule has 2 amide bonds. The summed E-state index contributed by atoms with van der Waals surface area (Å²) in [6, 6.07) is 9.65. The fourth-order valence-corrected chi connectivity index (χ4v) is 3.32. The van der Waals surface area contributed by atoms with Gasteiger partial charge in [0.15, 0.2) is 0 Å². The normalized spacial score (nSPS) is 16.4. The molecule has 25 heavy (non-hydrogen) atoms. The summed E-state index contributed by atoms with van der Waals surface area (Å²) in [6.45, 7) is 1.43. The monoisotopic (exact) mass is 342 g/mol. The number of amides is 2. The van der Waals surface area contributed by atoms with Gasteiger partial charge in [0.2, 0.25) is 0 Å². The minimum absolute atomic E-state index is 0.243. The second-order valence-corrected chi connectivity index (χ2v) is 6.79. The molecule has 0 radical (unpaired) electrons. The number of nitrogens with one attached hydrogen (secondary N) is 2. The largest absolute Gasteiger partial charge is 0.388 e. The van der Waals surface area contributed by atoms with E-state index in [9.17, 15) is 9.90 Å². The molecule has 2 aromatic rings. The third kappa shape index (κ3) is 5.06. The van der Waals surface area contributed by atoms with E-state index in [1.165, 1.54) is 6.42 Å². The van der Waals surface area contributed by atoms with Crippen LogP contribution in [0.15, 0.2) is 42.7 Å². The summed E-state index contributed by atoms with van der Waals surface area (Å²) in [5, 5.41) is 20.4. The zero-order valence-corrected chi connectivity index (χ0v) is 14.4. The maximum atomic E-state index is 12.1. The number of hydrogen-bond donors (Lipinski definition) is 3. The number of hydrogen-bond acceptors (Lipinski definition) is 3. The average molecular weight is 342 g/mol. The first-order valence-electron chi connectivity index (χ1n) is 8.93. The van der Waals surface area contributed by atoms with Crippen LogP contribution in [0.1, 0.15) is 43.2 Å². The standard InChI is InChI=1S/C19H26N4O2/c24-18(21-15-19(25)9-4-1-5-10-19)20-13-16-7-2-3-8-17(16)14-23-12-6-11-22-23/h2-3,6-8,11-12,25H,1,4-5,9-10,13-15H2,(H2,20,21,24). The van der Waals surface area contributed by atoms with Crippen LogP contribution in [-0.4, -0.2) is 33.1 Å². The molecule has 0 spiro atoms. The van der Waals surface area contributed by atoms with Gasteiger partial charge in [-0.05, 0) is 30.0 Å². The number of nitrogens with zero attached hydrogens (tertiary/aromatic N) is 2. The van der Waals surface area contributed by atoms with Crippen LogP contribution in [0.5, 0.6) is 0 Å². The van der Waals surface area contributed by atoms with E-state index in [-0.39, 0.29) is 6.03 Å². The van der Waals surface area contributed by atoms with Crippen molar-refractivity contribution < 1.29 is 9.90 Å². The third-order valence-electron chi connectivity index (χ3n) is 4.81. The topological polar surface area (TPSA) is 79.2 Å². The molecular weight excluding hydrogens is 316 g/mol. The highest BCUT2D eigenvalue weighted by molar-refractivity contribution is 5.73. The van der Waals surface area contributed by atoms with Crippen molar-refractivity contribution in [1.82, 2.24) is 20.4 Å². The molecule has 0 atom stereocenters. The average Bonchev–Trinajstić information content (AvgIpc) is 3.13. The van der Waals surface area contributed by atoms with Gasteiger partial charge in [0.05, 0.1) is 12.1 Å². The Balaban J connectivity index is 1.50. The first-order chi connectivity index (χ1) is 12.1. The number of aromatic nitrogens is 2. The summed E-state index contributed by atoms with van der Waals surface area (Å²) >= 11 is 0. The Labute approximate surface area is 148 Å². The Morgan fingerprint density at radius 2 is 1.88 bits per heavy atom. The van der Waals surface area contributed by atoms with Crippen LogP contribution in [-0.2, 0) is 13.1 Å². The molecule has 1 heterocycles. The number of benzene rings is 1. The zero-order valence-electron chi connectivity index (χ0n) is 14.4. The summed E-state index contributed by atoms with van der Waals surface area (Å²) in [7, 11) is 0. The number of urea groups is 1. The molecule has 6 nitrogen and oxygen atoms in total. The van der Waals surface area contributed by atoms with Gasteiger partial charge in [0, 0.05) is 25.5 Å². The Morgan fingerprint density at radius 1 is 1.12 bits per heavy atom. The van der Waals surface area contributed by atoms with E-state index in [4.69, 9.17) is 0 Å².